The van der Waals surface area contributed by atoms with Gasteiger partial charge in [-0.2, -0.15) is 0 Å². The van der Waals surface area contributed by atoms with E-state index in [4.69, 9.17) is 23.2 Å². The van der Waals surface area contributed by atoms with Crippen LogP contribution in [0.2, 0.25) is 10.0 Å². The number of rotatable bonds is 7. The van der Waals surface area contributed by atoms with Gasteiger partial charge in [0, 0.05) is 18.6 Å². The molecule has 5 nitrogen and oxygen atoms in total. The van der Waals surface area contributed by atoms with Gasteiger partial charge < -0.3 is 10.2 Å². The van der Waals surface area contributed by atoms with Crippen LogP contribution in [0.15, 0.2) is 48.5 Å². The minimum Gasteiger partial charge on any atom is -0.335 e. The Morgan fingerprint density at radius 3 is 2.42 bits per heavy atom. The van der Waals surface area contributed by atoms with E-state index in [2.05, 4.69) is 5.32 Å². The lowest BCUT2D eigenvalue weighted by atomic mass is 10.2. The molecule has 0 bridgehead atoms. The maximum absolute atomic E-state index is 12.3. The number of amides is 2. The molecule has 0 spiro atoms. The van der Waals surface area contributed by atoms with Crippen LogP contribution in [-0.2, 0) is 16.1 Å². The number of carbonyl (C=O) groups is 2. The first-order valence-corrected chi connectivity index (χ1v) is 8.82. The Balaban J connectivity index is 1.82. The second kappa shape index (κ2) is 9.57. The van der Waals surface area contributed by atoms with Gasteiger partial charge in [-0.05, 0) is 36.9 Å². The number of para-hydroxylation sites is 1. The van der Waals surface area contributed by atoms with Gasteiger partial charge in [-0.3, -0.25) is 14.5 Å². The Kier molecular flexibility index (Phi) is 7.45. The molecule has 0 aliphatic heterocycles. The molecule has 2 aromatic rings. The molecule has 0 aliphatic rings. The second-order valence-electron chi connectivity index (χ2n) is 6.08. The molecular formula is C19H21Cl2N3O2. The molecule has 2 rings (SSSR count). The van der Waals surface area contributed by atoms with Crippen molar-refractivity contribution in [3.8, 4) is 0 Å². The van der Waals surface area contributed by atoms with Crippen molar-refractivity contribution in [3.63, 3.8) is 0 Å². The highest BCUT2D eigenvalue weighted by Crippen LogP contribution is 2.20. The van der Waals surface area contributed by atoms with Crippen molar-refractivity contribution in [2.75, 3.05) is 32.5 Å². The van der Waals surface area contributed by atoms with Gasteiger partial charge in [-0.15, -0.1) is 0 Å². The lowest BCUT2D eigenvalue weighted by Crippen LogP contribution is -2.40. The molecule has 0 unspecified atom stereocenters. The largest absolute Gasteiger partial charge is 0.335 e. The first kappa shape index (κ1) is 20.2. The Hall–Kier alpha value is -2.08. The summed E-state index contributed by atoms with van der Waals surface area (Å²) < 4.78 is 0. The molecule has 0 aliphatic carbocycles. The van der Waals surface area contributed by atoms with Crippen LogP contribution in [0, 0.1) is 0 Å². The zero-order chi connectivity index (χ0) is 19.1. The lowest BCUT2D eigenvalue weighted by molar-refractivity contribution is -0.134. The molecule has 0 saturated carbocycles. The summed E-state index contributed by atoms with van der Waals surface area (Å²) in [5.41, 5.74) is 1.55. The quantitative estimate of drug-likeness (QED) is 0.782. The van der Waals surface area contributed by atoms with Crippen molar-refractivity contribution in [2.24, 2.45) is 0 Å². The maximum atomic E-state index is 12.3. The minimum absolute atomic E-state index is 0.0466. The molecule has 0 aromatic heterocycles. The van der Waals surface area contributed by atoms with E-state index in [1.54, 1.807) is 31.3 Å². The molecule has 7 heteroatoms. The summed E-state index contributed by atoms with van der Waals surface area (Å²) in [5.74, 6) is -0.449. The number of likely N-dealkylation sites (N-methyl/N-ethyl adjacent to an activating group) is 2. The molecule has 0 fully saturated rings. The van der Waals surface area contributed by atoms with Crippen molar-refractivity contribution in [1.29, 1.82) is 0 Å². The Labute approximate surface area is 163 Å². The monoisotopic (exact) mass is 393 g/mol. The number of anilines is 1. The van der Waals surface area contributed by atoms with Gasteiger partial charge >= 0.3 is 0 Å². The van der Waals surface area contributed by atoms with Crippen LogP contribution in [-0.4, -0.2) is 48.8 Å². The highest BCUT2D eigenvalue weighted by atomic mass is 35.5. The lowest BCUT2D eigenvalue weighted by Gasteiger charge is -2.21. The van der Waals surface area contributed by atoms with Crippen LogP contribution in [0.1, 0.15) is 5.56 Å². The topological polar surface area (TPSA) is 52.7 Å². The third-order valence-electron chi connectivity index (χ3n) is 3.70. The molecule has 26 heavy (non-hydrogen) atoms. The standard InChI is InChI=1S/C19H21Cl2N3O2/c1-23(11-14-6-5-7-15(20)10-14)13-19(26)24(2)12-18(25)22-17-9-4-3-8-16(17)21/h3-10H,11-13H2,1-2H3,(H,22,25). The smallest absolute Gasteiger partial charge is 0.244 e. The van der Waals surface area contributed by atoms with Crippen molar-refractivity contribution >= 4 is 40.7 Å². The van der Waals surface area contributed by atoms with Crippen LogP contribution in [0.25, 0.3) is 0 Å². The van der Waals surface area contributed by atoms with Crippen LogP contribution >= 0.6 is 23.2 Å². The Bertz CT molecular complexity index is 783. The first-order valence-electron chi connectivity index (χ1n) is 8.06. The van der Waals surface area contributed by atoms with Crippen LogP contribution < -0.4 is 5.32 Å². The number of hydrogen-bond acceptors (Lipinski definition) is 3. The molecule has 138 valence electrons. The number of hydrogen-bond donors (Lipinski definition) is 1. The summed E-state index contributed by atoms with van der Waals surface area (Å²) >= 11 is 12.0. The molecule has 2 aromatic carbocycles. The Morgan fingerprint density at radius 1 is 1.00 bits per heavy atom. The van der Waals surface area contributed by atoms with Gasteiger partial charge in [0.1, 0.15) is 0 Å². The van der Waals surface area contributed by atoms with Crippen molar-refractivity contribution in [2.45, 2.75) is 6.54 Å². The molecule has 0 saturated heterocycles. The molecule has 1 N–H and O–H groups in total. The van der Waals surface area contributed by atoms with Gasteiger partial charge in [0.25, 0.3) is 0 Å². The summed E-state index contributed by atoms with van der Waals surface area (Å²) in [6, 6.07) is 14.5. The van der Waals surface area contributed by atoms with E-state index in [-0.39, 0.29) is 24.9 Å². The van der Waals surface area contributed by atoms with E-state index in [0.717, 1.165) is 5.56 Å². The summed E-state index contributed by atoms with van der Waals surface area (Å²) in [6.45, 7) is 0.739. The average Bonchev–Trinajstić information content (AvgIpc) is 2.56. The Morgan fingerprint density at radius 2 is 1.73 bits per heavy atom. The zero-order valence-electron chi connectivity index (χ0n) is 14.7. The predicted molar refractivity (Wildman–Crippen MR) is 106 cm³/mol. The maximum Gasteiger partial charge on any atom is 0.244 e. The highest BCUT2D eigenvalue weighted by molar-refractivity contribution is 6.33. The van der Waals surface area contributed by atoms with Gasteiger partial charge in [-0.25, -0.2) is 0 Å². The van der Waals surface area contributed by atoms with Gasteiger partial charge in [0.15, 0.2) is 0 Å². The zero-order valence-corrected chi connectivity index (χ0v) is 16.2. The first-order chi connectivity index (χ1) is 12.3. The SMILES string of the molecule is CN(CC(=O)N(C)CC(=O)Nc1ccccc1Cl)Cc1cccc(Cl)c1. The molecule has 0 atom stereocenters. The summed E-state index contributed by atoms with van der Waals surface area (Å²) in [5, 5.41) is 3.82. The van der Waals surface area contributed by atoms with Crippen LogP contribution in [0.3, 0.4) is 0 Å². The molecule has 0 radical (unpaired) electrons. The molecule has 0 heterocycles. The van der Waals surface area contributed by atoms with Crippen LogP contribution in [0.5, 0.6) is 0 Å². The van der Waals surface area contributed by atoms with Crippen LogP contribution in [0.4, 0.5) is 5.69 Å². The van der Waals surface area contributed by atoms with Gasteiger partial charge in [0.2, 0.25) is 11.8 Å². The molecular weight excluding hydrogens is 373 g/mol. The van der Waals surface area contributed by atoms with E-state index < -0.39 is 0 Å². The fourth-order valence-electron chi connectivity index (χ4n) is 2.41. The van der Waals surface area contributed by atoms with Crippen molar-refractivity contribution in [1.82, 2.24) is 9.80 Å². The van der Waals surface area contributed by atoms with E-state index in [9.17, 15) is 9.59 Å². The summed E-state index contributed by atoms with van der Waals surface area (Å²) in [6.07, 6.45) is 0. The third kappa shape index (κ3) is 6.33. The van der Waals surface area contributed by atoms with Gasteiger partial charge in [0.05, 0.1) is 23.8 Å². The van der Waals surface area contributed by atoms with E-state index in [1.165, 1.54) is 4.90 Å². The van der Waals surface area contributed by atoms with E-state index in [1.807, 2.05) is 36.2 Å². The van der Waals surface area contributed by atoms with E-state index in [0.29, 0.717) is 22.3 Å². The predicted octanol–water partition coefficient (Wildman–Crippen LogP) is 3.52. The third-order valence-corrected chi connectivity index (χ3v) is 4.27. The minimum atomic E-state index is -0.300. The fourth-order valence-corrected chi connectivity index (χ4v) is 2.81. The summed E-state index contributed by atoms with van der Waals surface area (Å²) in [7, 11) is 3.44. The average molecular weight is 394 g/mol. The number of benzene rings is 2. The van der Waals surface area contributed by atoms with E-state index >= 15 is 0 Å². The number of carbonyl (C=O) groups excluding carboxylic acids is 2. The highest BCUT2D eigenvalue weighted by Gasteiger charge is 2.16. The fraction of sp³-hybridized carbons (Fsp3) is 0.263. The number of nitrogens with zero attached hydrogens (tertiary/aromatic N) is 2. The number of nitrogens with one attached hydrogen (secondary N) is 1. The number of halogens is 2. The normalized spacial score (nSPS) is 10.7. The van der Waals surface area contributed by atoms with Crippen molar-refractivity contribution in [3.05, 3.63) is 64.1 Å². The molecule has 2 amide bonds. The summed E-state index contributed by atoms with van der Waals surface area (Å²) in [4.78, 5) is 27.7. The van der Waals surface area contributed by atoms with Gasteiger partial charge in [-0.1, -0.05) is 47.5 Å². The van der Waals surface area contributed by atoms with Crippen molar-refractivity contribution < 1.29 is 9.59 Å². The second-order valence-corrected chi connectivity index (χ2v) is 6.92.